The summed E-state index contributed by atoms with van der Waals surface area (Å²) in [5, 5.41) is 14.2. The third kappa shape index (κ3) is 3.44. The minimum atomic E-state index is -0.196. The van der Waals surface area contributed by atoms with E-state index in [0.29, 0.717) is 0 Å². The van der Waals surface area contributed by atoms with Crippen molar-refractivity contribution in [2.24, 2.45) is 0 Å². The molecule has 94 valence electrons. The number of nitrogens with one attached hydrogen (secondary N) is 1. The lowest BCUT2D eigenvalue weighted by Gasteiger charge is -2.31. The summed E-state index contributed by atoms with van der Waals surface area (Å²) in [5.41, 5.74) is 1.21. The van der Waals surface area contributed by atoms with Gasteiger partial charge in [0.1, 0.15) is 0 Å². The molecule has 0 radical (unpaired) electrons. The van der Waals surface area contributed by atoms with Crippen LogP contribution in [0.5, 0.6) is 0 Å². The van der Waals surface area contributed by atoms with Gasteiger partial charge in [0.05, 0.1) is 6.10 Å². The molecule has 1 aliphatic rings. The summed E-state index contributed by atoms with van der Waals surface area (Å²) >= 11 is 5.87. The van der Waals surface area contributed by atoms with Gasteiger partial charge in [0.25, 0.3) is 0 Å². The molecule has 1 fully saturated rings. The smallest absolute Gasteiger partial charge is 0.0693 e. The molecule has 3 heteroatoms. The fraction of sp³-hybridized carbons (Fsp3) is 0.571. The van der Waals surface area contributed by atoms with E-state index in [2.05, 4.69) is 12.2 Å². The van der Waals surface area contributed by atoms with Crippen LogP contribution in [0.3, 0.4) is 0 Å². The lowest BCUT2D eigenvalue weighted by atomic mass is 9.91. The van der Waals surface area contributed by atoms with Gasteiger partial charge in [-0.15, -0.1) is 0 Å². The van der Waals surface area contributed by atoms with Crippen LogP contribution in [0, 0.1) is 0 Å². The first-order valence-electron chi connectivity index (χ1n) is 6.36. The van der Waals surface area contributed by atoms with Crippen LogP contribution in [0.15, 0.2) is 24.3 Å². The third-order valence-corrected chi connectivity index (χ3v) is 3.82. The first kappa shape index (κ1) is 12.9. The molecule has 0 amide bonds. The standard InChI is InChI=1S/C14H20ClNO/c1-10(11-6-8-12(15)9-7-11)16-13-4-2-3-5-14(13)17/h6-10,13-14,16-17H,2-5H2,1H3/t10-,13?,14?/m1/s1. The van der Waals surface area contributed by atoms with Crippen molar-refractivity contribution in [1.29, 1.82) is 0 Å². The second-order valence-electron chi connectivity index (χ2n) is 4.90. The van der Waals surface area contributed by atoms with Crippen LogP contribution < -0.4 is 5.32 Å². The zero-order valence-electron chi connectivity index (χ0n) is 10.2. The van der Waals surface area contributed by atoms with Gasteiger partial charge in [0, 0.05) is 17.1 Å². The van der Waals surface area contributed by atoms with Crippen molar-refractivity contribution in [2.45, 2.75) is 50.8 Å². The normalized spacial score (nSPS) is 26.8. The van der Waals surface area contributed by atoms with E-state index in [1.54, 1.807) is 0 Å². The molecule has 1 aliphatic carbocycles. The Bertz CT molecular complexity index is 352. The van der Waals surface area contributed by atoms with Crippen LogP contribution >= 0.6 is 11.6 Å². The highest BCUT2D eigenvalue weighted by molar-refractivity contribution is 6.30. The van der Waals surface area contributed by atoms with Gasteiger partial charge in [0.2, 0.25) is 0 Å². The van der Waals surface area contributed by atoms with E-state index < -0.39 is 0 Å². The number of hydrogen-bond acceptors (Lipinski definition) is 2. The predicted molar refractivity (Wildman–Crippen MR) is 71.3 cm³/mol. The quantitative estimate of drug-likeness (QED) is 0.867. The van der Waals surface area contributed by atoms with Gasteiger partial charge in [-0.3, -0.25) is 0 Å². The molecule has 17 heavy (non-hydrogen) atoms. The fourth-order valence-electron chi connectivity index (χ4n) is 2.47. The van der Waals surface area contributed by atoms with Crippen molar-refractivity contribution < 1.29 is 5.11 Å². The molecule has 1 saturated carbocycles. The molecule has 2 N–H and O–H groups in total. The number of benzene rings is 1. The number of aliphatic hydroxyl groups is 1. The predicted octanol–water partition coefficient (Wildman–Crippen LogP) is 3.29. The molecular weight excluding hydrogens is 234 g/mol. The second kappa shape index (κ2) is 5.85. The van der Waals surface area contributed by atoms with Gasteiger partial charge in [-0.2, -0.15) is 0 Å². The van der Waals surface area contributed by atoms with Gasteiger partial charge in [-0.1, -0.05) is 36.6 Å². The average molecular weight is 254 g/mol. The summed E-state index contributed by atoms with van der Waals surface area (Å²) in [7, 11) is 0. The zero-order chi connectivity index (χ0) is 12.3. The fourth-order valence-corrected chi connectivity index (χ4v) is 2.60. The van der Waals surface area contributed by atoms with Crippen molar-refractivity contribution in [2.75, 3.05) is 0 Å². The van der Waals surface area contributed by atoms with Gasteiger partial charge in [-0.05, 0) is 37.5 Å². The van der Waals surface area contributed by atoms with E-state index in [4.69, 9.17) is 11.6 Å². The Morgan fingerprint density at radius 2 is 1.88 bits per heavy atom. The van der Waals surface area contributed by atoms with Gasteiger partial charge in [-0.25, -0.2) is 0 Å². The zero-order valence-corrected chi connectivity index (χ0v) is 11.0. The molecule has 0 heterocycles. The van der Waals surface area contributed by atoms with Crippen molar-refractivity contribution in [3.05, 3.63) is 34.9 Å². The summed E-state index contributed by atoms with van der Waals surface area (Å²) in [5.74, 6) is 0. The maximum atomic E-state index is 9.93. The highest BCUT2D eigenvalue weighted by Gasteiger charge is 2.24. The van der Waals surface area contributed by atoms with Crippen molar-refractivity contribution in [1.82, 2.24) is 5.32 Å². The maximum absolute atomic E-state index is 9.93. The molecule has 0 aromatic heterocycles. The second-order valence-corrected chi connectivity index (χ2v) is 5.33. The van der Waals surface area contributed by atoms with Crippen molar-refractivity contribution >= 4 is 11.6 Å². The minimum Gasteiger partial charge on any atom is -0.392 e. The summed E-state index contributed by atoms with van der Waals surface area (Å²) in [6, 6.07) is 8.38. The lowest BCUT2D eigenvalue weighted by Crippen LogP contribution is -2.43. The van der Waals surface area contributed by atoms with Crippen molar-refractivity contribution in [3.8, 4) is 0 Å². The molecular formula is C14H20ClNO. The molecule has 0 aliphatic heterocycles. The molecule has 1 aromatic rings. The molecule has 3 atom stereocenters. The van der Waals surface area contributed by atoms with Crippen molar-refractivity contribution in [3.63, 3.8) is 0 Å². The molecule has 0 spiro atoms. The van der Waals surface area contributed by atoms with Gasteiger partial charge < -0.3 is 10.4 Å². The monoisotopic (exact) mass is 253 g/mol. The summed E-state index contributed by atoms with van der Waals surface area (Å²) in [6.07, 6.45) is 4.15. The molecule has 2 unspecified atom stereocenters. The Kier molecular flexibility index (Phi) is 4.43. The Morgan fingerprint density at radius 1 is 1.24 bits per heavy atom. The number of rotatable bonds is 3. The van der Waals surface area contributed by atoms with Gasteiger partial charge >= 0.3 is 0 Å². The van der Waals surface area contributed by atoms with Crippen LogP contribution in [0.25, 0.3) is 0 Å². The van der Waals surface area contributed by atoms with E-state index in [1.807, 2.05) is 24.3 Å². The van der Waals surface area contributed by atoms with Crippen LogP contribution in [-0.2, 0) is 0 Å². The Morgan fingerprint density at radius 3 is 2.53 bits per heavy atom. The van der Waals surface area contributed by atoms with Crippen LogP contribution in [-0.4, -0.2) is 17.3 Å². The van der Waals surface area contributed by atoms with Crippen LogP contribution in [0.4, 0.5) is 0 Å². The molecule has 0 bridgehead atoms. The molecule has 2 rings (SSSR count). The first-order valence-corrected chi connectivity index (χ1v) is 6.74. The number of hydrogen-bond donors (Lipinski definition) is 2. The lowest BCUT2D eigenvalue weighted by molar-refractivity contribution is 0.0860. The Hall–Kier alpha value is -0.570. The van der Waals surface area contributed by atoms with E-state index in [9.17, 15) is 5.11 Å². The highest BCUT2D eigenvalue weighted by Crippen LogP contribution is 2.22. The molecule has 1 aromatic carbocycles. The minimum absolute atomic E-state index is 0.196. The first-order chi connectivity index (χ1) is 8.16. The topological polar surface area (TPSA) is 32.3 Å². The molecule has 2 nitrogen and oxygen atoms in total. The summed E-state index contributed by atoms with van der Waals surface area (Å²) < 4.78 is 0. The van der Waals surface area contributed by atoms with Gasteiger partial charge in [0.15, 0.2) is 0 Å². The Labute approximate surface area is 108 Å². The average Bonchev–Trinajstić information content (AvgIpc) is 2.33. The largest absolute Gasteiger partial charge is 0.392 e. The third-order valence-electron chi connectivity index (χ3n) is 3.56. The highest BCUT2D eigenvalue weighted by atomic mass is 35.5. The number of aliphatic hydroxyl groups excluding tert-OH is 1. The van der Waals surface area contributed by atoms with E-state index in [-0.39, 0.29) is 18.2 Å². The SMILES string of the molecule is C[C@@H](NC1CCCCC1O)c1ccc(Cl)cc1. The molecule has 0 saturated heterocycles. The summed E-state index contributed by atoms with van der Waals surface area (Å²) in [4.78, 5) is 0. The Balaban J connectivity index is 1.95. The number of halogens is 1. The van der Waals surface area contributed by atoms with E-state index >= 15 is 0 Å². The summed E-state index contributed by atoms with van der Waals surface area (Å²) in [6.45, 7) is 2.13. The van der Waals surface area contributed by atoms with Crippen LogP contribution in [0.1, 0.15) is 44.2 Å². The van der Waals surface area contributed by atoms with Crippen LogP contribution in [0.2, 0.25) is 5.02 Å². The van der Waals surface area contributed by atoms with E-state index in [1.165, 1.54) is 12.0 Å². The van der Waals surface area contributed by atoms with E-state index in [0.717, 1.165) is 24.3 Å². The maximum Gasteiger partial charge on any atom is 0.0693 e.